The van der Waals surface area contributed by atoms with Crippen LogP contribution in [0.3, 0.4) is 0 Å². The number of amides is 1. The summed E-state index contributed by atoms with van der Waals surface area (Å²) >= 11 is 0. The second kappa shape index (κ2) is 6.98. The third kappa shape index (κ3) is 4.08. The van der Waals surface area contributed by atoms with Gasteiger partial charge in [0.2, 0.25) is 5.43 Å². The molecule has 1 aromatic carbocycles. The van der Waals surface area contributed by atoms with Crippen molar-refractivity contribution in [3.63, 3.8) is 0 Å². The monoisotopic (exact) mass is 369 g/mol. The Bertz CT molecular complexity index is 922. The predicted octanol–water partition coefficient (Wildman–Crippen LogP) is 1.76. The minimum Gasteiger partial charge on any atom is -0.480 e. The van der Waals surface area contributed by atoms with Gasteiger partial charge in [-0.05, 0) is 32.0 Å². The molecule has 138 valence electrons. The number of hydrogen-bond donors (Lipinski definition) is 2. The van der Waals surface area contributed by atoms with E-state index in [1.54, 1.807) is 0 Å². The van der Waals surface area contributed by atoms with E-state index in [-0.39, 0.29) is 11.4 Å². The summed E-state index contributed by atoms with van der Waals surface area (Å²) in [6, 6.07) is 3.97. The van der Waals surface area contributed by atoms with Gasteiger partial charge in [0.1, 0.15) is 6.04 Å². The molecule has 0 saturated carbocycles. The topological polar surface area (TPSA) is 101 Å². The lowest BCUT2D eigenvalue weighted by Gasteiger charge is -2.14. The lowest BCUT2D eigenvalue weighted by molar-refractivity contribution is -0.139. The van der Waals surface area contributed by atoms with Gasteiger partial charge in [0.15, 0.2) is 5.69 Å². The van der Waals surface area contributed by atoms with Crippen LogP contribution in [0, 0.1) is 6.92 Å². The highest BCUT2D eigenvalue weighted by atomic mass is 19.4. The summed E-state index contributed by atoms with van der Waals surface area (Å²) in [5.41, 5.74) is -2.11. The van der Waals surface area contributed by atoms with E-state index in [2.05, 4.69) is 10.4 Å². The largest absolute Gasteiger partial charge is 0.480 e. The van der Waals surface area contributed by atoms with Gasteiger partial charge in [-0.3, -0.25) is 14.4 Å². The molecule has 1 aromatic heterocycles. The Labute approximate surface area is 145 Å². The fourth-order valence-corrected chi connectivity index (χ4v) is 2.11. The van der Waals surface area contributed by atoms with Crippen molar-refractivity contribution in [2.45, 2.75) is 26.1 Å². The normalized spacial score (nSPS) is 12.5. The summed E-state index contributed by atoms with van der Waals surface area (Å²) in [5.74, 6) is -2.35. The average Bonchev–Trinajstić information content (AvgIpc) is 2.54. The van der Waals surface area contributed by atoms with Gasteiger partial charge >= 0.3 is 12.1 Å². The number of aryl methyl sites for hydroxylation is 1. The van der Waals surface area contributed by atoms with Crippen molar-refractivity contribution in [3.05, 3.63) is 57.5 Å². The number of benzene rings is 1. The molecule has 10 heteroatoms. The summed E-state index contributed by atoms with van der Waals surface area (Å²) in [6.45, 7) is 2.63. The smallest absolute Gasteiger partial charge is 0.416 e. The van der Waals surface area contributed by atoms with Crippen LogP contribution in [0.25, 0.3) is 5.69 Å². The fraction of sp³-hybridized carbons (Fsp3) is 0.250. The number of halogens is 3. The van der Waals surface area contributed by atoms with Crippen molar-refractivity contribution in [1.82, 2.24) is 15.1 Å². The van der Waals surface area contributed by atoms with Crippen molar-refractivity contribution < 1.29 is 27.9 Å². The highest BCUT2D eigenvalue weighted by molar-refractivity contribution is 5.94. The number of carbonyl (C=O) groups is 2. The Morgan fingerprint density at radius 1 is 1.27 bits per heavy atom. The second-order valence-electron chi connectivity index (χ2n) is 5.49. The molecular weight excluding hydrogens is 355 g/mol. The maximum Gasteiger partial charge on any atom is 0.416 e. The zero-order chi connectivity index (χ0) is 19.6. The maximum atomic E-state index is 12.9. The molecule has 0 radical (unpaired) electrons. The molecule has 0 aliphatic rings. The predicted molar refractivity (Wildman–Crippen MR) is 84.1 cm³/mol. The van der Waals surface area contributed by atoms with E-state index in [1.807, 2.05) is 0 Å². The van der Waals surface area contributed by atoms with E-state index in [9.17, 15) is 27.6 Å². The molecule has 0 bridgehead atoms. The van der Waals surface area contributed by atoms with E-state index >= 15 is 0 Å². The quantitative estimate of drug-likeness (QED) is 0.855. The van der Waals surface area contributed by atoms with E-state index < -0.39 is 40.8 Å². The zero-order valence-electron chi connectivity index (χ0n) is 13.7. The van der Waals surface area contributed by atoms with Gasteiger partial charge in [-0.15, -0.1) is 0 Å². The Balaban J connectivity index is 2.50. The third-order valence-corrected chi connectivity index (χ3v) is 3.46. The molecule has 7 nitrogen and oxygen atoms in total. The summed E-state index contributed by atoms with van der Waals surface area (Å²) in [5, 5.41) is 14.7. The van der Waals surface area contributed by atoms with Crippen LogP contribution >= 0.6 is 0 Å². The molecule has 26 heavy (non-hydrogen) atoms. The lowest BCUT2D eigenvalue weighted by atomic mass is 10.2. The van der Waals surface area contributed by atoms with E-state index in [0.717, 1.165) is 22.9 Å². The number of nitrogens with zero attached hydrogens (tertiary/aromatic N) is 2. The maximum absolute atomic E-state index is 12.9. The number of aromatic nitrogens is 2. The highest BCUT2D eigenvalue weighted by Crippen LogP contribution is 2.30. The van der Waals surface area contributed by atoms with Crippen LogP contribution in [0.2, 0.25) is 0 Å². The van der Waals surface area contributed by atoms with Crippen LogP contribution in [0.1, 0.15) is 28.7 Å². The van der Waals surface area contributed by atoms with Crippen molar-refractivity contribution in [2.75, 3.05) is 0 Å². The molecule has 2 rings (SSSR count). The Hall–Kier alpha value is -3.17. The van der Waals surface area contributed by atoms with Crippen LogP contribution in [-0.4, -0.2) is 32.8 Å². The van der Waals surface area contributed by atoms with Crippen molar-refractivity contribution >= 4 is 11.9 Å². The molecule has 0 saturated heterocycles. The molecule has 0 aliphatic carbocycles. The fourth-order valence-electron chi connectivity index (χ4n) is 2.11. The number of carboxylic acids is 1. The Kier molecular flexibility index (Phi) is 5.15. The minimum absolute atomic E-state index is 0.00217. The first-order chi connectivity index (χ1) is 12.0. The first kappa shape index (κ1) is 19.2. The van der Waals surface area contributed by atoms with Crippen molar-refractivity contribution in [2.24, 2.45) is 0 Å². The van der Waals surface area contributed by atoms with Crippen LogP contribution in [0.15, 0.2) is 35.1 Å². The Morgan fingerprint density at radius 3 is 2.50 bits per heavy atom. The minimum atomic E-state index is -4.57. The number of carboxylic acid groups (broad SMARTS) is 1. The molecular formula is C16H14F3N3O4. The molecule has 1 heterocycles. The SMILES string of the molecule is Cc1cc(=O)c(C(=O)NC(C)C(=O)O)nn1-c1cccc(C(F)(F)F)c1. The van der Waals surface area contributed by atoms with Gasteiger partial charge in [0.25, 0.3) is 5.91 Å². The van der Waals surface area contributed by atoms with Crippen LogP contribution in [-0.2, 0) is 11.0 Å². The van der Waals surface area contributed by atoms with Crippen LogP contribution in [0.5, 0.6) is 0 Å². The lowest BCUT2D eigenvalue weighted by Crippen LogP contribution is -2.41. The van der Waals surface area contributed by atoms with Crippen LogP contribution in [0.4, 0.5) is 13.2 Å². The number of hydrogen-bond acceptors (Lipinski definition) is 4. The molecule has 1 atom stereocenters. The van der Waals surface area contributed by atoms with Gasteiger partial charge in [-0.1, -0.05) is 6.07 Å². The third-order valence-electron chi connectivity index (χ3n) is 3.46. The van der Waals surface area contributed by atoms with E-state index in [0.29, 0.717) is 0 Å². The Morgan fingerprint density at radius 2 is 1.92 bits per heavy atom. The molecule has 2 aromatic rings. The molecule has 1 unspecified atom stereocenters. The summed E-state index contributed by atoms with van der Waals surface area (Å²) < 4.78 is 39.6. The highest BCUT2D eigenvalue weighted by Gasteiger charge is 2.30. The van der Waals surface area contributed by atoms with Crippen LogP contribution < -0.4 is 10.7 Å². The van der Waals surface area contributed by atoms with E-state index in [4.69, 9.17) is 5.11 Å². The standard InChI is InChI=1S/C16H14F3N3O4/c1-8-6-12(23)13(14(24)20-9(2)15(25)26)21-22(8)11-5-3-4-10(7-11)16(17,18)19/h3-7,9H,1-2H3,(H,20,24)(H,25,26). The van der Waals surface area contributed by atoms with Gasteiger partial charge in [0.05, 0.1) is 11.3 Å². The number of alkyl halides is 3. The summed E-state index contributed by atoms with van der Waals surface area (Å²) in [6.07, 6.45) is -4.57. The summed E-state index contributed by atoms with van der Waals surface area (Å²) in [4.78, 5) is 34.8. The molecule has 1 amide bonds. The first-order valence-corrected chi connectivity index (χ1v) is 7.33. The molecule has 2 N–H and O–H groups in total. The number of rotatable bonds is 4. The van der Waals surface area contributed by atoms with E-state index in [1.165, 1.54) is 26.0 Å². The number of carbonyl (C=O) groups excluding carboxylic acids is 1. The number of aliphatic carboxylic acids is 1. The van der Waals surface area contributed by atoms with Gasteiger partial charge in [-0.2, -0.15) is 18.3 Å². The van der Waals surface area contributed by atoms with Gasteiger partial charge in [0, 0.05) is 11.8 Å². The van der Waals surface area contributed by atoms with Crippen molar-refractivity contribution in [1.29, 1.82) is 0 Å². The average molecular weight is 369 g/mol. The zero-order valence-corrected chi connectivity index (χ0v) is 13.7. The number of nitrogens with one attached hydrogen (secondary N) is 1. The second-order valence-corrected chi connectivity index (χ2v) is 5.49. The first-order valence-electron chi connectivity index (χ1n) is 7.33. The van der Waals surface area contributed by atoms with Gasteiger partial charge in [-0.25, -0.2) is 4.68 Å². The molecule has 0 aliphatic heterocycles. The molecule has 0 spiro atoms. The van der Waals surface area contributed by atoms with Crippen molar-refractivity contribution in [3.8, 4) is 5.69 Å². The molecule has 0 fully saturated rings. The summed E-state index contributed by atoms with van der Waals surface area (Å²) in [7, 11) is 0. The van der Waals surface area contributed by atoms with Gasteiger partial charge < -0.3 is 10.4 Å².